The maximum absolute atomic E-state index is 13.1. The Morgan fingerprint density at radius 3 is 2.60 bits per heavy atom. The van der Waals surface area contributed by atoms with Gasteiger partial charge in [-0.05, 0) is 48.9 Å². The minimum Gasteiger partial charge on any atom is -0.379 e. The molecule has 2 heterocycles. The lowest BCUT2D eigenvalue weighted by Crippen LogP contribution is -2.40. The average Bonchev–Trinajstić information content (AvgIpc) is 3.23. The van der Waals surface area contributed by atoms with E-state index >= 15 is 0 Å². The van der Waals surface area contributed by atoms with Crippen molar-refractivity contribution in [1.29, 1.82) is 5.26 Å². The van der Waals surface area contributed by atoms with E-state index in [9.17, 15) is 13.2 Å². The van der Waals surface area contributed by atoms with Crippen LogP contribution >= 0.6 is 0 Å². The number of morpholine rings is 1. The molecule has 0 bridgehead atoms. The molecule has 1 aliphatic rings. The molecular formula is C25H29N5O4S. The number of nitrogens with one attached hydrogen (secondary N) is 1. The van der Waals surface area contributed by atoms with Crippen molar-refractivity contribution < 1.29 is 17.9 Å². The zero-order chi connectivity index (χ0) is 24.8. The molecule has 0 atom stereocenters. The number of ether oxygens (including phenoxy) is 1. The van der Waals surface area contributed by atoms with Crippen molar-refractivity contribution >= 4 is 32.7 Å². The Morgan fingerprint density at radius 1 is 1.17 bits per heavy atom. The second-order valence-electron chi connectivity index (χ2n) is 8.44. The molecule has 3 aromatic rings. The first kappa shape index (κ1) is 24.9. The van der Waals surface area contributed by atoms with Gasteiger partial charge in [0, 0.05) is 38.2 Å². The summed E-state index contributed by atoms with van der Waals surface area (Å²) < 4.78 is 35.0. The van der Waals surface area contributed by atoms with E-state index in [1.165, 1.54) is 4.31 Å². The van der Waals surface area contributed by atoms with Gasteiger partial charge in [-0.1, -0.05) is 13.3 Å². The normalized spacial score (nSPS) is 14.6. The molecule has 0 aliphatic carbocycles. The lowest BCUT2D eigenvalue weighted by Gasteiger charge is -2.26. The van der Waals surface area contributed by atoms with Crippen LogP contribution in [0.25, 0.3) is 11.0 Å². The number of nitrogens with zero attached hydrogens (tertiary/aromatic N) is 4. The molecule has 0 radical (unpaired) electrons. The third-order valence-electron chi connectivity index (χ3n) is 6.02. The van der Waals surface area contributed by atoms with Crippen molar-refractivity contribution in [2.75, 3.05) is 31.6 Å². The van der Waals surface area contributed by atoms with Crippen molar-refractivity contribution in [3.8, 4) is 6.07 Å². The molecule has 1 aliphatic heterocycles. The summed E-state index contributed by atoms with van der Waals surface area (Å²) in [6, 6.07) is 13.8. The third kappa shape index (κ3) is 5.70. The molecule has 35 heavy (non-hydrogen) atoms. The molecule has 4 rings (SSSR count). The van der Waals surface area contributed by atoms with Gasteiger partial charge in [-0.2, -0.15) is 9.57 Å². The Bertz CT molecular complexity index is 1340. The summed E-state index contributed by atoms with van der Waals surface area (Å²) in [5, 5.41) is 11.8. The first-order chi connectivity index (χ1) is 16.9. The molecule has 1 saturated heterocycles. The van der Waals surface area contributed by atoms with E-state index in [1.807, 2.05) is 6.07 Å². The van der Waals surface area contributed by atoms with Gasteiger partial charge in [0.2, 0.25) is 15.9 Å². The maximum Gasteiger partial charge on any atom is 0.243 e. The number of rotatable bonds is 9. The Balaban J connectivity index is 1.54. The fourth-order valence-corrected chi connectivity index (χ4v) is 5.52. The molecular weight excluding hydrogens is 466 g/mol. The number of carbonyl (C=O) groups excluding carboxylic acids is 1. The van der Waals surface area contributed by atoms with Crippen LogP contribution in [0.4, 0.5) is 5.69 Å². The molecule has 0 spiro atoms. The van der Waals surface area contributed by atoms with Crippen molar-refractivity contribution in [1.82, 2.24) is 13.9 Å². The molecule has 2 aromatic carbocycles. The summed E-state index contributed by atoms with van der Waals surface area (Å²) in [6.45, 7) is 4.31. The van der Waals surface area contributed by atoms with Crippen LogP contribution in [0.2, 0.25) is 0 Å². The van der Waals surface area contributed by atoms with Crippen LogP contribution in [0.5, 0.6) is 0 Å². The number of sulfonamides is 1. The van der Waals surface area contributed by atoms with Crippen LogP contribution in [0.1, 0.15) is 37.6 Å². The standard InChI is InChI=1S/C25H29N5O4S/c1-2-3-12-30-23-9-8-21(35(32,33)29-13-15-34-16-14-29)17-22(23)28-24(30)10-11-25(31)27-20-6-4-19(18-26)5-7-20/h4-9,17H,2-3,10-16H2,1H3,(H,27,31). The molecule has 9 nitrogen and oxygen atoms in total. The van der Waals surface area contributed by atoms with E-state index in [2.05, 4.69) is 22.9 Å². The quantitative estimate of drug-likeness (QED) is 0.487. The largest absolute Gasteiger partial charge is 0.379 e. The van der Waals surface area contributed by atoms with Gasteiger partial charge in [-0.3, -0.25) is 4.79 Å². The average molecular weight is 496 g/mol. The second kappa shape index (κ2) is 11.0. The first-order valence-electron chi connectivity index (χ1n) is 11.8. The van der Waals surface area contributed by atoms with Gasteiger partial charge < -0.3 is 14.6 Å². The summed E-state index contributed by atoms with van der Waals surface area (Å²) in [4.78, 5) is 17.5. The number of hydrogen-bond acceptors (Lipinski definition) is 6. The minimum absolute atomic E-state index is 0.153. The highest BCUT2D eigenvalue weighted by molar-refractivity contribution is 7.89. The third-order valence-corrected chi connectivity index (χ3v) is 7.91. The number of anilines is 1. The van der Waals surface area contributed by atoms with E-state index in [1.54, 1.807) is 36.4 Å². The minimum atomic E-state index is -3.62. The number of carbonyl (C=O) groups is 1. The lowest BCUT2D eigenvalue weighted by molar-refractivity contribution is -0.116. The number of nitriles is 1. The Labute approximate surface area is 205 Å². The van der Waals surface area contributed by atoms with E-state index in [0.29, 0.717) is 49.5 Å². The van der Waals surface area contributed by atoms with Gasteiger partial charge in [0.25, 0.3) is 0 Å². The van der Waals surface area contributed by atoms with Crippen molar-refractivity contribution in [2.24, 2.45) is 0 Å². The highest BCUT2D eigenvalue weighted by Gasteiger charge is 2.27. The van der Waals surface area contributed by atoms with Crippen LogP contribution in [-0.2, 0) is 32.5 Å². The SMILES string of the molecule is CCCCn1c(CCC(=O)Nc2ccc(C#N)cc2)nc2cc(S(=O)(=O)N3CCOCC3)ccc21. The van der Waals surface area contributed by atoms with Gasteiger partial charge in [0.05, 0.1) is 40.8 Å². The smallest absolute Gasteiger partial charge is 0.243 e. The summed E-state index contributed by atoms with van der Waals surface area (Å²) in [5.74, 6) is 0.601. The Kier molecular flexibility index (Phi) is 7.80. The molecule has 1 aromatic heterocycles. The lowest BCUT2D eigenvalue weighted by atomic mass is 10.2. The van der Waals surface area contributed by atoms with E-state index in [4.69, 9.17) is 15.0 Å². The molecule has 1 fully saturated rings. The molecule has 184 valence electrons. The van der Waals surface area contributed by atoms with Crippen LogP contribution in [0, 0.1) is 11.3 Å². The molecule has 1 amide bonds. The van der Waals surface area contributed by atoms with Crippen LogP contribution in [0.15, 0.2) is 47.4 Å². The highest BCUT2D eigenvalue weighted by Crippen LogP contribution is 2.25. The number of aromatic nitrogens is 2. The summed E-state index contributed by atoms with van der Waals surface area (Å²) >= 11 is 0. The van der Waals surface area contributed by atoms with Crippen molar-refractivity contribution in [3.63, 3.8) is 0 Å². The second-order valence-corrected chi connectivity index (χ2v) is 10.4. The fourth-order valence-electron chi connectivity index (χ4n) is 4.09. The summed E-state index contributed by atoms with van der Waals surface area (Å²) in [5.41, 5.74) is 2.63. The number of imidazole rings is 1. The fraction of sp³-hybridized carbons (Fsp3) is 0.400. The number of fused-ring (bicyclic) bond motifs is 1. The van der Waals surface area contributed by atoms with E-state index < -0.39 is 10.0 Å². The monoisotopic (exact) mass is 495 g/mol. The number of benzene rings is 2. The topological polar surface area (TPSA) is 117 Å². The van der Waals surface area contributed by atoms with Crippen molar-refractivity contribution in [3.05, 3.63) is 53.9 Å². The van der Waals surface area contributed by atoms with E-state index in [-0.39, 0.29) is 17.2 Å². The predicted molar refractivity (Wildman–Crippen MR) is 132 cm³/mol. The van der Waals surface area contributed by atoms with Gasteiger partial charge in [0.15, 0.2) is 0 Å². The van der Waals surface area contributed by atoms with Gasteiger partial charge in [0.1, 0.15) is 5.82 Å². The number of hydrogen-bond donors (Lipinski definition) is 1. The van der Waals surface area contributed by atoms with Gasteiger partial charge in [-0.15, -0.1) is 0 Å². The van der Waals surface area contributed by atoms with E-state index in [0.717, 1.165) is 30.7 Å². The summed E-state index contributed by atoms with van der Waals surface area (Å²) in [6.07, 6.45) is 2.60. The van der Waals surface area contributed by atoms with Crippen LogP contribution < -0.4 is 5.32 Å². The molecule has 1 N–H and O–H groups in total. The summed E-state index contributed by atoms with van der Waals surface area (Å²) in [7, 11) is -3.62. The maximum atomic E-state index is 13.1. The van der Waals surface area contributed by atoms with Crippen LogP contribution in [-0.4, -0.2) is 54.5 Å². The first-order valence-corrected chi connectivity index (χ1v) is 13.2. The predicted octanol–water partition coefficient (Wildman–Crippen LogP) is 3.30. The van der Waals surface area contributed by atoms with Gasteiger partial charge in [-0.25, -0.2) is 13.4 Å². The van der Waals surface area contributed by atoms with Crippen LogP contribution in [0.3, 0.4) is 0 Å². The zero-order valence-corrected chi connectivity index (χ0v) is 20.6. The highest BCUT2D eigenvalue weighted by atomic mass is 32.2. The Morgan fingerprint density at radius 2 is 1.91 bits per heavy atom. The molecule has 0 unspecified atom stereocenters. The number of unbranched alkanes of at least 4 members (excludes halogenated alkanes) is 1. The number of amides is 1. The Hall–Kier alpha value is -3.26. The van der Waals surface area contributed by atoms with Crippen molar-refractivity contribution in [2.45, 2.75) is 44.0 Å². The molecule has 10 heteroatoms. The number of aryl methyl sites for hydroxylation is 2. The molecule has 0 saturated carbocycles. The zero-order valence-electron chi connectivity index (χ0n) is 19.7. The van der Waals surface area contributed by atoms with Gasteiger partial charge >= 0.3 is 0 Å².